The zero-order valence-corrected chi connectivity index (χ0v) is 17.6. The van der Waals surface area contributed by atoms with Gasteiger partial charge in [-0.1, -0.05) is 6.07 Å². The Morgan fingerprint density at radius 3 is 2.56 bits per heavy atom. The summed E-state index contributed by atoms with van der Waals surface area (Å²) < 4.78 is 39.1. The van der Waals surface area contributed by atoms with Gasteiger partial charge < -0.3 is 5.32 Å². The molecular formula is C22H24F3N5O2. The molecule has 2 aliphatic heterocycles. The van der Waals surface area contributed by atoms with E-state index in [0.29, 0.717) is 13.1 Å². The van der Waals surface area contributed by atoms with Gasteiger partial charge in [-0.05, 0) is 37.3 Å². The normalized spacial score (nSPS) is 18.8. The Bertz CT molecular complexity index is 991. The molecule has 1 aromatic heterocycles. The van der Waals surface area contributed by atoms with Crippen molar-refractivity contribution in [1.29, 1.82) is 0 Å². The molecule has 0 saturated carbocycles. The van der Waals surface area contributed by atoms with Crippen LogP contribution in [0.4, 0.5) is 24.5 Å². The van der Waals surface area contributed by atoms with Crippen molar-refractivity contribution in [3.8, 4) is 0 Å². The Balaban J connectivity index is 1.43. The molecule has 1 aromatic carbocycles. The lowest BCUT2D eigenvalue weighted by Crippen LogP contribution is -2.56. The highest BCUT2D eigenvalue weighted by molar-refractivity contribution is 6.11. The largest absolute Gasteiger partial charge is 0.416 e. The quantitative estimate of drug-likeness (QED) is 0.781. The van der Waals surface area contributed by atoms with Crippen LogP contribution < -0.4 is 10.2 Å². The molecule has 170 valence electrons. The smallest absolute Gasteiger partial charge is 0.323 e. The molecule has 10 heteroatoms. The average molecular weight is 447 g/mol. The summed E-state index contributed by atoms with van der Waals surface area (Å²) in [6.07, 6.45) is -2.77. The minimum atomic E-state index is -4.53. The molecule has 32 heavy (non-hydrogen) atoms. The van der Waals surface area contributed by atoms with Crippen LogP contribution in [0.25, 0.3) is 0 Å². The summed E-state index contributed by atoms with van der Waals surface area (Å²) in [6, 6.07) is 8.33. The molecule has 2 aliphatic rings. The van der Waals surface area contributed by atoms with Crippen molar-refractivity contribution >= 4 is 23.2 Å². The van der Waals surface area contributed by atoms with Gasteiger partial charge in [-0.25, -0.2) is 0 Å². The highest BCUT2D eigenvalue weighted by atomic mass is 19.4. The van der Waals surface area contributed by atoms with Crippen LogP contribution in [0, 0.1) is 0 Å². The van der Waals surface area contributed by atoms with Gasteiger partial charge in [-0.3, -0.25) is 29.3 Å². The fourth-order valence-corrected chi connectivity index (χ4v) is 4.07. The van der Waals surface area contributed by atoms with Crippen molar-refractivity contribution in [3.63, 3.8) is 0 Å². The number of halogens is 3. The van der Waals surface area contributed by atoms with Crippen LogP contribution in [0.2, 0.25) is 0 Å². The first-order valence-electron chi connectivity index (χ1n) is 10.4. The number of pyridine rings is 1. The van der Waals surface area contributed by atoms with E-state index >= 15 is 0 Å². The maximum Gasteiger partial charge on any atom is 0.416 e. The first kappa shape index (κ1) is 22.2. The molecule has 1 atom stereocenters. The fourth-order valence-electron chi connectivity index (χ4n) is 4.07. The Labute approximate surface area is 183 Å². The van der Waals surface area contributed by atoms with Crippen molar-refractivity contribution in [2.75, 3.05) is 42.9 Å². The number of nitrogens with zero attached hydrogens (tertiary/aromatic N) is 4. The highest BCUT2D eigenvalue weighted by Gasteiger charge is 2.36. The number of benzene rings is 1. The zero-order chi connectivity index (χ0) is 22.9. The lowest BCUT2D eigenvalue weighted by atomic mass is 10.1. The number of nitrogens with one attached hydrogen (secondary N) is 1. The van der Waals surface area contributed by atoms with Crippen LogP contribution >= 0.6 is 0 Å². The summed E-state index contributed by atoms with van der Waals surface area (Å²) >= 11 is 0. The summed E-state index contributed by atoms with van der Waals surface area (Å²) in [5.74, 6) is -0.823. The lowest BCUT2D eigenvalue weighted by Gasteiger charge is -2.39. The molecule has 0 spiro atoms. The van der Waals surface area contributed by atoms with Crippen molar-refractivity contribution in [1.82, 2.24) is 14.8 Å². The molecule has 0 aliphatic carbocycles. The molecule has 2 aromatic rings. The van der Waals surface area contributed by atoms with Gasteiger partial charge in [0, 0.05) is 38.9 Å². The standard InChI is InChI=1S/C22H24F3N5O2/c1-15(29-10-8-28(9-11-29)13-17-4-2-3-7-26-17)21(32)30-14-20(31)27-18-12-16(22(23,24)25)5-6-19(18)30/h2-7,12,15H,8-11,13-14H2,1H3,(H,27,31). The molecule has 1 saturated heterocycles. The number of rotatable bonds is 4. The number of piperazine rings is 1. The number of anilines is 2. The number of hydrogen-bond acceptors (Lipinski definition) is 5. The van der Waals surface area contributed by atoms with Gasteiger partial charge in [0.25, 0.3) is 0 Å². The van der Waals surface area contributed by atoms with Gasteiger partial charge in [0.2, 0.25) is 11.8 Å². The van der Waals surface area contributed by atoms with Gasteiger partial charge in [0.1, 0.15) is 6.54 Å². The third-order valence-electron chi connectivity index (χ3n) is 5.88. The van der Waals surface area contributed by atoms with E-state index in [1.165, 1.54) is 11.0 Å². The van der Waals surface area contributed by atoms with Gasteiger partial charge >= 0.3 is 6.18 Å². The first-order chi connectivity index (χ1) is 15.2. The van der Waals surface area contributed by atoms with Crippen LogP contribution in [-0.4, -0.2) is 65.4 Å². The molecule has 0 bridgehead atoms. The highest BCUT2D eigenvalue weighted by Crippen LogP contribution is 2.37. The Hall–Kier alpha value is -2.98. The second kappa shape index (κ2) is 8.87. The van der Waals surface area contributed by atoms with Gasteiger partial charge in [-0.2, -0.15) is 13.2 Å². The average Bonchev–Trinajstić information content (AvgIpc) is 2.77. The number of amides is 2. The number of aromatic nitrogens is 1. The number of fused-ring (bicyclic) bond motifs is 1. The third kappa shape index (κ3) is 4.76. The van der Waals surface area contributed by atoms with Crippen molar-refractivity contribution in [2.24, 2.45) is 0 Å². The lowest BCUT2D eigenvalue weighted by molar-refractivity contribution is -0.137. The second-order valence-electron chi connectivity index (χ2n) is 8.01. The Morgan fingerprint density at radius 1 is 1.16 bits per heavy atom. The number of carbonyl (C=O) groups excluding carboxylic acids is 2. The van der Waals surface area contributed by atoms with Crippen molar-refractivity contribution in [2.45, 2.75) is 25.7 Å². The summed E-state index contributed by atoms with van der Waals surface area (Å²) in [6.45, 7) is 5.14. The Morgan fingerprint density at radius 2 is 1.91 bits per heavy atom. The number of hydrogen-bond donors (Lipinski definition) is 1. The molecule has 2 amide bonds. The topological polar surface area (TPSA) is 68.8 Å². The zero-order valence-electron chi connectivity index (χ0n) is 17.6. The fraction of sp³-hybridized carbons (Fsp3) is 0.409. The third-order valence-corrected chi connectivity index (χ3v) is 5.88. The molecular weight excluding hydrogens is 423 g/mol. The summed E-state index contributed by atoms with van der Waals surface area (Å²) in [5, 5.41) is 2.45. The molecule has 1 fully saturated rings. The summed E-state index contributed by atoms with van der Waals surface area (Å²) in [5.41, 5.74) is 0.391. The Kier molecular flexibility index (Phi) is 6.16. The van der Waals surface area contributed by atoms with Gasteiger partial charge in [0.05, 0.1) is 28.7 Å². The van der Waals surface area contributed by atoms with E-state index in [9.17, 15) is 22.8 Å². The predicted molar refractivity (Wildman–Crippen MR) is 113 cm³/mol. The van der Waals surface area contributed by atoms with Crippen LogP contribution in [0.1, 0.15) is 18.2 Å². The van der Waals surface area contributed by atoms with Gasteiger partial charge in [0.15, 0.2) is 0 Å². The van der Waals surface area contributed by atoms with Gasteiger partial charge in [-0.15, -0.1) is 0 Å². The molecule has 4 rings (SSSR count). The van der Waals surface area contributed by atoms with E-state index in [1.807, 2.05) is 23.1 Å². The predicted octanol–water partition coefficient (Wildman–Crippen LogP) is 2.59. The molecule has 7 nitrogen and oxygen atoms in total. The molecule has 0 radical (unpaired) electrons. The van der Waals surface area contributed by atoms with E-state index in [0.717, 1.165) is 37.5 Å². The second-order valence-corrected chi connectivity index (χ2v) is 8.01. The first-order valence-corrected chi connectivity index (χ1v) is 10.4. The SMILES string of the molecule is CC(C(=O)N1CC(=O)Nc2cc(C(F)(F)F)ccc21)N1CCN(Cc2ccccn2)CC1. The van der Waals surface area contributed by atoms with E-state index < -0.39 is 23.7 Å². The number of alkyl halides is 3. The summed E-state index contributed by atoms with van der Waals surface area (Å²) in [4.78, 5) is 35.2. The van der Waals surface area contributed by atoms with E-state index in [2.05, 4.69) is 15.2 Å². The summed E-state index contributed by atoms with van der Waals surface area (Å²) in [7, 11) is 0. The maximum absolute atomic E-state index is 13.2. The molecule has 3 heterocycles. The van der Waals surface area contributed by atoms with E-state index in [-0.39, 0.29) is 23.8 Å². The molecule has 1 N–H and O–H groups in total. The number of carbonyl (C=O) groups is 2. The maximum atomic E-state index is 13.2. The monoisotopic (exact) mass is 447 g/mol. The van der Waals surface area contributed by atoms with Crippen LogP contribution in [0.3, 0.4) is 0 Å². The minimum Gasteiger partial charge on any atom is -0.323 e. The van der Waals surface area contributed by atoms with E-state index in [4.69, 9.17) is 0 Å². The van der Waals surface area contributed by atoms with E-state index in [1.54, 1.807) is 13.1 Å². The minimum absolute atomic E-state index is 0.00296. The van der Waals surface area contributed by atoms with Crippen LogP contribution in [0.15, 0.2) is 42.6 Å². The van der Waals surface area contributed by atoms with Crippen molar-refractivity contribution < 1.29 is 22.8 Å². The van der Waals surface area contributed by atoms with Crippen LogP contribution in [0.5, 0.6) is 0 Å². The van der Waals surface area contributed by atoms with Crippen LogP contribution in [-0.2, 0) is 22.3 Å². The van der Waals surface area contributed by atoms with Crippen molar-refractivity contribution in [3.05, 3.63) is 53.9 Å². The molecule has 1 unspecified atom stereocenters.